The maximum atomic E-state index is 12.1. The van der Waals surface area contributed by atoms with Gasteiger partial charge in [0.2, 0.25) is 0 Å². The van der Waals surface area contributed by atoms with E-state index in [1.807, 2.05) is 0 Å². The lowest BCUT2D eigenvalue weighted by Crippen LogP contribution is -2.15. The quantitative estimate of drug-likeness (QED) is 0.0620. The van der Waals surface area contributed by atoms with E-state index in [2.05, 4.69) is 27.0 Å². The van der Waals surface area contributed by atoms with Gasteiger partial charge in [0.25, 0.3) is 0 Å². The second kappa shape index (κ2) is 23.8. The van der Waals surface area contributed by atoms with Gasteiger partial charge in [0.05, 0.1) is 0 Å². The van der Waals surface area contributed by atoms with Gasteiger partial charge in [0.15, 0.2) is 0 Å². The minimum atomic E-state index is -0.583. The Morgan fingerprint density at radius 1 is 0.455 bits per heavy atom. The van der Waals surface area contributed by atoms with Crippen LogP contribution in [-0.4, -0.2) is 11.9 Å². The Bertz CT molecular complexity index is 475. The topological polar surface area (TPSA) is 43.4 Å². The van der Waals surface area contributed by atoms with Crippen LogP contribution in [0.5, 0.6) is 0 Å². The van der Waals surface area contributed by atoms with Gasteiger partial charge in [-0.2, -0.15) is 0 Å². The summed E-state index contributed by atoms with van der Waals surface area (Å²) in [6, 6.07) is 0. The molecule has 0 radical (unpaired) electrons. The number of unbranched alkanes of at least 4 members (excludes halogenated alkanes) is 18. The zero-order valence-corrected chi connectivity index (χ0v) is 22.2. The zero-order chi connectivity index (χ0) is 24.6. The van der Waals surface area contributed by atoms with Crippen LogP contribution in [0.1, 0.15) is 155 Å². The van der Waals surface area contributed by atoms with E-state index in [-0.39, 0.29) is 0 Å². The average Bonchev–Trinajstić information content (AvgIpc) is 2.81. The van der Waals surface area contributed by atoms with Gasteiger partial charge < -0.3 is 4.74 Å². The predicted octanol–water partition coefficient (Wildman–Crippen LogP) is 9.79. The van der Waals surface area contributed by atoms with Gasteiger partial charge in [-0.05, 0) is 25.7 Å². The predicted molar refractivity (Wildman–Crippen MR) is 142 cm³/mol. The first kappa shape index (κ1) is 31.6. The van der Waals surface area contributed by atoms with Crippen LogP contribution in [0, 0.1) is 0 Å². The number of rotatable bonds is 24. The van der Waals surface area contributed by atoms with Crippen LogP contribution in [-0.2, 0) is 14.3 Å². The van der Waals surface area contributed by atoms with E-state index in [1.165, 1.54) is 103 Å². The van der Waals surface area contributed by atoms with E-state index in [0.29, 0.717) is 24.0 Å². The van der Waals surface area contributed by atoms with E-state index in [4.69, 9.17) is 4.74 Å². The molecular formula is C30H54O3. The molecule has 0 fully saturated rings. The Morgan fingerprint density at radius 2 is 0.697 bits per heavy atom. The lowest BCUT2D eigenvalue weighted by Gasteiger charge is -2.08. The highest BCUT2D eigenvalue weighted by molar-refractivity contribution is 6.01. The molecule has 0 spiro atoms. The molecule has 0 saturated heterocycles. The molecule has 0 bridgehead atoms. The van der Waals surface area contributed by atoms with Crippen LogP contribution >= 0.6 is 0 Å². The van der Waals surface area contributed by atoms with E-state index < -0.39 is 11.9 Å². The summed E-state index contributed by atoms with van der Waals surface area (Å²) in [5.41, 5.74) is 0.796. The number of carbonyl (C=O) groups is 2. The van der Waals surface area contributed by atoms with Crippen molar-refractivity contribution in [3.05, 3.63) is 24.3 Å². The molecule has 0 aromatic rings. The second-order valence-electron chi connectivity index (χ2n) is 9.75. The van der Waals surface area contributed by atoms with Gasteiger partial charge in [0.1, 0.15) is 0 Å². The van der Waals surface area contributed by atoms with Crippen molar-refractivity contribution in [3.8, 4) is 0 Å². The molecule has 0 aliphatic heterocycles. The summed E-state index contributed by atoms with van der Waals surface area (Å²) in [4.78, 5) is 24.2. The zero-order valence-electron chi connectivity index (χ0n) is 22.2. The van der Waals surface area contributed by atoms with Gasteiger partial charge in [-0.15, -0.1) is 0 Å². The summed E-state index contributed by atoms with van der Waals surface area (Å²) in [7, 11) is 0. The Balaban J connectivity index is 3.65. The van der Waals surface area contributed by atoms with Crippen LogP contribution in [0.25, 0.3) is 0 Å². The molecule has 192 valence electrons. The maximum absolute atomic E-state index is 12.1. The second-order valence-corrected chi connectivity index (χ2v) is 9.75. The number of carbonyl (C=O) groups excluding carboxylic acids is 2. The molecule has 0 amide bonds. The summed E-state index contributed by atoms with van der Waals surface area (Å²) < 4.78 is 4.98. The lowest BCUT2D eigenvalue weighted by atomic mass is 10.0. The van der Waals surface area contributed by atoms with Crippen molar-refractivity contribution in [1.82, 2.24) is 0 Å². The first-order valence-corrected chi connectivity index (χ1v) is 14.1. The van der Waals surface area contributed by atoms with Crippen molar-refractivity contribution in [1.29, 1.82) is 0 Å². The number of ether oxygens (including phenoxy) is 1. The van der Waals surface area contributed by atoms with Crippen molar-refractivity contribution in [2.45, 2.75) is 155 Å². The van der Waals surface area contributed by atoms with Crippen LogP contribution in [0.2, 0.25) is 0 Å². The highest BCUT2D eigenvalue weighted by Gasteiger charge is 2.16. The summed E-state index contributed by atoms with van der Waals surface area (Å²) in [6.45, 7) is 12.1. The molecule has 0 saturated carbocycles. The Kier molecular flexibility index (Phi) is 22.8. The molecule has 3 heteroatoms. The Hall–Kier alpha value is -1.38. The number of esters is 2. The smallest absolute Gasteiger partial charge is 0.341 e. The fraction of sp³-hybridized carbons (Fsp3) is 0.800. The van der Waals surface area contributed by atoms with Gasteiger partial charge >= 0.3 is 11.9 Å². The average molecular weight is 463 g/mol. The minimum Gasteiger partial charge on any atom is -0.386 e. The highest BCUT2D eigenvalue weighted by atomic mass is 16.6. The molecule has 33 heavy (non-hydrogen) atoms. The first-order valence-electron chi connectivity index (χ1n) is 14.1. The van der Waals surface area contributed by atoms with Crippen molar-refractivity contribution < 1.29 is 14.3 Å². The van der Waals surface area contributed by atoms with Crippen LogP contribution < -0.4 is 0 Å². The summed E-state index contributed by atoms with van der Waals surface area (Å²) >= 11 is 0. The van der Waals surface area contributed by atoms with Crippen LogP contribution in [0.3, 0.4) is 0 Å². The molecule has 0 aliphatic carbocycles. The summed E-state index contributed by atoms with van der Waals surface area (Å²) in [5, 5.41) is 0. The highest BCUT2D eigenvalue weighted by Crippen LogP contribution is 2.16. The van der Waals surface area contributed by atoms with E-state index in [1.54, 1.807) is 0 Å². The Morgan fingerprint density at radius 3 is 0.970 bits per heavy atom. The SMILES string of the molecule is C=C(CCCCCCCCCCCC)C(=O)OC(=O)C(=C)CCCCCCCCCCCC. The molecule has 3 nitrogen and oxygen atoms in total. The monoisotopic (exact) mass is 462 g/mol. The van der Waals surface area contributed by atoms with Gasteiger partial charge in [-0.25, -0.2) is 9.59 Å². The van der Waals surface area contributed by atoms with Crippen LogP contribution in [0.15, 0.2) is 24.3 Å². The molecule has 0 aromatic carbocycles. The maximum Gasteiger partial charge on any atom is 0.341 e. The van der Waals surface area contributed by atoms with Crippen molar-refractivity contribution in [3.63, 3.8) is 0 Å². The first-order chi connectivity index (χ1) is 16.0. The third-order valence-corrected chi connectivity index (χ3v) is 6.43. The van der Waals surface area contributed by atoms with Crippen LogP contribution in [0.4, 0.5) is 0 Å². The van der Waals surface area contributed by atoms with E-state index >= 15 is 0 Å². The molecule has 0 atom stereocenters. The number of hydrogen-bond donors (Lipinski definition) is 0. The third kappa shape index (κ3) is 20.9. The van der Waals surface area contributed by atoms with Gasteiger partial charge in [-0.1, -0.05) is 143 Å². The molecule has 0 aromatic heterocycles. The summed E-state index contributed by atoms with van der Waals surface area (Å²) in [5.74, 6) is -1.17. The summed E-state index contributed by atoms with van der Waals surface area (Å²) in [6.07, 6.45) is 26.2. The fourth-order valence-electron chi connectivity index (χ4n) is 4.08. The fourth-order valence-corrected chi connectivity index (χ4v) is 4.08. The molecule has 0 N–H and O–H groups in total. The van der Waals surface area contributed by atoms with Crippen molar-refractivity contribution >= 4 is 11.9 Å². The van der Waals surface area contributed by atoms with Crippen molar-refractivity contribution in [2.24, 2.45) is 0 Å². The number of hydrogen-bond acceptors (Lipinski definition) is 3. The normalized spacial score (nSPS) is 10.8. The largest absolute Gasteiger partial charge is 0.386 e. The van der Waals surface area contributed by atoms with Gasteiger partial charge in [-0.3, -0.25) is 0 Å². The van der Waals surface area contributed by atoms with E-state index in [0.717, 1.165) is 25.7 Å². The Labute approximate surface area is 205 Å². The minimum absolute atomic E-state index is 0.398. The molecular weight excluding hydrogens is 408 g/mol. The molecule has 0 unspecified atom stereocenters. The van der Waals surface area contributed by atoms with E-state index in [9.17, 15) is 9.59 Å². The van der Waals surface area contributed by atoms with Gasteiger partial charge in [0, 0.05) is 11.1 Å². The third-order valence-electron chi connectivity index (χ3n) is 6.43. The molecule has 0 rings (SSSR count). The lowest BCUT2D eigenvalue weighted by molar-refractivity contribution is -0.154. The standard InChI is InChI=1S/C30H54O3/c1-5-7-9-11-13-15-17-19-21-23-25-27(3)29(31)33-30(32)28(4)26-24-22-20-18-16-14-12-10-8-6-2/h3-26H2,1-2H3. The molecule has 0 aliphatic rings. The molecule has 0 heterocycles. The van der Waals surface area contributed by atoms with Crippen molar-refractivity contribution in [2.75, 3.05) is 0 Å².